The monoisotopic (exact) mass is 288 g/mol. The van der Waals surface area contributed by atoms with Crippen LogP contribution >= 0.6 is 11.6 Å². The lowest BCUT2D eigenvalue weighted by atomic mass is 9.84. The zero-order chi connectivity index (χ0) is 14.3. The zero-order valence-electron chi connectivity index (χ0n) is 12.1. The van der Waals surface area contributed by atoms with Gasteiger partial charge in [0, 0.05) is 17.1 Å². The minimum Gasteiger partial charge on any atom is -0.305 e. The Balaban J connectivity index is 1.89. The van der Waals surface area contributed by atoms with Crippen molar-refractivity contribution in [2.45, 2.75) is 51.6 Å². The first-order valence-electron chi connectivity index (χ1n) is 7.45. The minimum absolute atomic E-state index is 0.161. The molecule has 2 aliphatic carbocycles. The van der Waals surface area contributed by atoms with E-state index in [2.05, 4.69) is 37.4 Å². The molecule has 0 heterocycles. The smallest absolute Gasteiger partial charge is 0.0672 e. The Morgan fingerprint density at radius 3 is 2.90 bits per heavy atom. The summed E-state index contributed by atoms with van der Waals surface area (Å²) in [5.74, 6) is 0.161. The maximum atomic E-state index is 9.27. The lowest BCUT2D eigenvalue weighted by molar-refractivity contribution is 0.239. The second-order valence-corrected chi connectivity index (χ2v) is 7.32. The third kappa shape index (κ3) is 2.34. The highest BCUT2D eigenvalue weighted by molar-refractivity contribution is 6.30. The van der Waals surface area contributed by atoms with Crippen LogP contribution in [0.4, 0.5) is 0 Å². The van der Waals surface area contributed by atoms with E-state index in [4.69, 9.17) is 11.6 Å². The number of benzene rings is 1. The summed E-state index contributed by atoms with van der Waals surface area (Å²) in [6.07, 6.45) is 4.37. The van der Waals surface area contributed by atoms with E-state index in [-0.39, 0.29) is 11.3 Å². The van der Waals surface area contributed by atoms with Crippen LogP contribution in [0.3, 0.4) is 0 Å². The molecule has 0 bridgehead atoms. The Morgan fingerprint density at radius 2 is 2.15 bits per heavy atom. The molecule has 20 heavy (non-hydrogen) atoms. The molecule has 1 fully saturated rings. The van der Waals surface area contributed by atoms with E-state index in [1.54, 1.807) is 0 Å². The van der Waals surface area contributed by atoms with Gasteiger partial charge in [0.2, 0.25) is 0 Å². The van der Waals surface area contributed by atoms with Gasteiger partial charge in [-0.15, -0.1) is 0 Å². The molecule has 106 valence electrons. The number of fused-ring (bicyclic) bond motifs is 1. The summed E-state index contributed by atoms with van der Waals surface area (Å²) < 4.78 is 0. The summed E-state index contributed by atoms with van der Waals surface area (Å²) in [4.78, 5) is 0. The van der Waals surface area contributed by atoms with Crippen molar-refractivity contribution in [3.8, 4) is 6.07 Å². The molecule has 3 unspecified atom stereocenters. The van der Waals surface area contributed by atoms with E-state index in [9.17, 15) is 5.26 Å². The second-order valence-electron chi connectivity index (χ2n) is 6.88. The van der Waals surface area contributed by atoms with E-state index in [1.807, 2.05) is 6.07 Å². The number of nitrogens with one attached hydrogen (secondary N) is 1. The number of hydrogen-bond acceptors (Lipinski definition) is 2. The van der Waals surface area contributed by atoms with Crippen LogP contribution in [0.1, 0.15) is 50.3 Å². The van der Waals surface area contributed by atoms with Gasteiger partial charge in [0.25, 0.3) is 0 Å². The predicted octanol–water partition coefficient (Wildman–Crippen LogP) is 4.25. The average Bonchev–Trinajstić information content (AvgIpc) is 2.93. The van der Waals surface area contributed by atoms with Crippen molar-refractivity contribution in [1.82, 2.24) is 5.32 Å². The summed E-state index contributed by atoms with van der Waals surface area (Å²) in [6, 6.07) is 9.32. The molecule has 0 aromatic heterocycles. The van der Waals surface area contributed by atoms with Crippen LogP contribution in [0.25, 0.3) is 0 Å². The second kappa shape index (κ2) is 5.06. The van der Waals surface area contributed by atoms with E-state index in [0.717, 1.165) is 30.7 Å². The van der Waals surface area contributed by atoms with Crippen LogP contribution in [0.15, 0.2) is 18.2 Å². The largest absolute Gasteiger partial charge is 0.305 e. The fourth-order valence-electron chi connectivity index (χ4n) is 3.85. The fraction of sp³-hybridized carbons (Fsp3) is 0.588. The quantitative estimate of drug-likeness (QED) is 0.883. The molecule has 1 saturated carbocycles. The molecule has 0 amide bonds. The molecule has 0 radical (unpaired) electrons. The first-order chi connectivity index (χ1) is 9.51. The highest BCUT2D eigenvalue weighted by Crippen LogP contribution is 2.47. The molecule has 3 atom stereocenters. The summed E-state index contributed by atoms with van der Waals surface area (Å²) in [5, 5.41) is 13.8. The summed E-state index contributed by atoms with van der Waals surface area (Å²) in [5.41, 5.74) is 2.89. The third-order valence-electron chi connectivity index (χ3n) is 4.91. The summed E-state index contributed by atoms with van der Waals surface area (Å²) in [7, 11) is 0. The first-order valence-corrected chi connectivity index (χ1v) is 7.83. The molecule has 1 aromatic rings. The van der Waals surface area contributed by atoms with Crippen molar-refractivity contribution in [1.29, 1.82) is 5.26 Å². The topological polar surface area (TPSA) is 35.8 Å². The van der Waals surface area contributed by atoms with Gasteiger partial charge in [0.1, 0.15) is 0 Å². The van der Waals surface area contributed by atoms with Crippen molar-refractivity contribution >= 4 is 11.6 Å². The Labute approximate surface area is 126 Å². The molecule has 3 rings (SSSR count). The number of rotatable bonds is 2. The summed E-state index contributed by atoms with van der Waals surface area (Å²) in [6.45, 7) is 4.60. The molecule has 3 heteroatoms. The number of halogens is 1. The molecule has 0 spiro atoms. The lowest BCUT2D eigenvalue weighted by Gasteiger charge is -2.32. The lowest BCUT2D eigenvalue weighted by Crippen LogP contribution is -2.40. The minimum atomic E-state index is 0.161. The summed E-state index contributed by atoms with van der Waals surface area (Å²) >= 11 is 6.17. The van der Waals surface area contributed by atoms with Gasteiger partial charge in [-0.2, -0.15) is 5.26 Å². The Morgan fingerprint density at radius 1 is 1.35 bits per heavy atom. The fourth-order valence-corrected chi connectivity index (χ4v) is 4.03. The maximum Gasteiger partial charge on any atom is 0.0672 e. The molecule has 0 aliphatic heterocycles. The molecular formula is C17H21ClN2. The van der Waals surface area contributed by atoms with E-state index < -0.39 is 0 Å². The van der Waals surface area contributed by atoms with Gasteiger partial charge in [-0.3, -0.25) is 0 Å². The van der Waals surface area contributed by atoms with E-state index >= 15 is 0 Å². The average molecular weight is 289 g/mol. The first kappa shape index (κ1) is 13.9. The predicted molar refractivity (Wildman–Crippen MR) is 81.6 cm³/mol. The van der Waals surface area contributed by atoms with Crippen molar-refractivity contribution in [3.05, 3.63) is 34.3 Å². The van der Waals surface area contributed by atoms with Crippen molar-refractivity contribution < 1.29 is 0 Å². The number of nitrogens with zero attached hydrogens (tertiary/aromatic N) is 1. The Bertz CT molecular complexity index is 559. The maximum absolute atomic E-state index is 9.27. The zero-order valence-corrected chi connectivity index (χ0v) is 12.9. The molecule has 1 N–H and O–H groups in total. The van der Waals surface area contributed by atoms with Gasteiger partial charge in [0.05, 0.1) is 12.0 Å². The van der Waals surface area contributed by atoms with E-state index in [0.29, 0.717) is 12.1 Å². The van der Waals surface area contributed by atoms with Crippen LogP contribution < -0.4 is 5.32 Å². The molecule has 2 nitrogen and oxygen atoms in total. The Kier molecular flexibility index (Phi) is 3.52. The standard InChI is InChI=1S/C17H21ClN2/c1-17(2)9-11-6-7-13(18)8-14(11)16(17)20-15-5-3-4-12(15)10-19/h6-8,12,15-16,20H,3-5,9H2,1-2H3. The van der Waals surface area contributed by atoms with Crippen LogP contribution in [0.5, 0.6) is 0 Å². The molecule has 1 aromatic carbocycles. The van der Waals surface area contributed by atoms with Gasteiger partial charge in [-0.1, -0.05) is 37.9 Å². The van der Waals surface area contributed by atoms with Crippen LogP contribution in [-0.4, -0.2) is 6.04 Å². The van der Waals surface area contributed by atoms with Gasteiger partial charge >= 0.3 is 0 Å². The van der Waals surface area contributed by atoms with E-state index in [1.165, 1.54) is 11.1 Å². The van der Waals surface area contributed by atoms with Crippen LogP contribution in [-0.2, 0) is 6.42 Å². The third-order valence-corrected chi connectivity index (χ3v) is 5.14. The van der Waals surface area contributed by atoms with Gasteiger partial charge < -0.3 is 5.32 Å². The highest BCUT2D eigenvalue weighted by atomic mass is 35.5. The van der Waals surface area contributed by atoms with Gasteiger partial charge in [0.15, 0.2) is 0 Å². The van der Waals surface area contributed by atoms with Crippen LogP contribution in [0.2, 0.25) is 5.02 Å². The molecule has 2 aliphatic rings. The number of nitriles is 1. The van der Waals surface area contributed by atoms with Crippen molar-refractivity contribution in [2.24, 2.45) is 11.3 Å². The normalized spacial score (nSPS) is 31.0. The Hall–Kier alpha value is -1.04. The SMILES string of the molecule is CC1(C)Cc2ccc(Cl)cc2C1NC1CCCC1C#N. The number of hydrogen-bond donors (Lipinski definition) is 1. The molecular weight excluding hydrogens is 268 g/mol. The van der Waals surface area contributed by atoms with Crippen molar-refractivity contribution in [3.63, 3.8) is 0 Å². The molecule has 0 saturated heterocycles. The van der Waals surface area contributed by atoms with Gasteiger partial charge in [-0.05, 0) is 47.9 Å². The highest BCUT2D eigenvalue weighted by Gasteiger charge is 2.41. The van der Waals surface area contributed by atoms with Crippen LogP contribution in [0, 0.1) is 22.7 Å². The van der Waals surface area contributed by atoms with Crippen molar-refractivity contribution in [2.75, 3.05) is 0 Å². The van der Waals surface area contributed by atoms with Gasteiger partial charge in [-0.25, -0.2) is 0 Å².